The van der Waals surface area contributed by atoms with Gasteiger partial charge in [-0.15, -0.1) is 0 Å². The minimum atomic E-state index is -0.864. The SMILES string of the molecule is COc1ccc(CCN2C(=O)N[C@H](CC(=O)Nc3ccccn3)C2=O)cc1. The monoisotopic (exact) mass is 368 g/mol. The van der Waals surface area contributed by atoms with E-state index >= 15 is 0 Å². The molecule has 1 atom stereocenters. The number of hydrogen-bond donors (Lipinski definition) is 2. The maximum atomic E-state index is 12.5. The van der Waals surface area contributed by atoms with Crippen LogP contribution >= 0.6 is 0 Å². The maximum absolute atomic E-state index is 12.5. The number of hydrogen-bond acceptors (Lipinski definition) is 5. The second kappa shape index (κ2) is 8.31. The number of ether oxygens (including phenoxy) is 1. The number of amides is 4. The van der Waals surface area contributed by atoms with Crippen LogP contribution in [0.2, 0.25) is 0 Å². The zero-order chi connectivity index (χ0) is 19.2. The van der Waals surface area contributed by atoms with E-state index < -0.39 is 18.0 Å². The molecule has 1 aromatic carbocycles. The summed E-state index contributed by atoms with van der Waals surface area (Å²) in [5.74, 6) is 0.359. The summed E-state index contributed by atoms with van der Waals surface area (Å²) < 4.78 is 5.10. The van der Waals surface area contributed by atoms with E-state index in [1.807, 2.05) is 24.3 Å². The van der Waals surface area contributed by atoms with Crippen molar-refractivity contribution in [2.24, 2.45) is 0 Å². The largest absolute Gasteiger partial charge is 0.497 e. The molecule has 1 saturated heterocycles. The number of pyridine rings is 1. The Morgan fingerprint density at radius 1 is 1.22 bits per heavy atom. The van der Waals surface area contributed by atoms with Gasteiger partial charge in [-0.25, -0.2) is 9.78 Å². The van der Waals surface area contributed by atoms with Crippen LogP contribution in [0.4, 0.5) is 10.6 Å². The minimum absolute atomic E-state index is 0.139. The molecule has 27 heavy (non-hydrogen) atoms. The van der Waals surface area contributed by atoms with Gasteiger partial charge in [-0.2, -0.15) is 0 Å². The van der Waals surface area contributed by atoms with Crippen molar-refractivity contribution < 1.29 is 19.1 Å². The first-order valence-corrected chi connectivity index (χ1v) is 8.52. The molecule has 0 bridgehead atoms. The van der Waals surface area contributed by atoms with Crippen molar-refractivity contribution in [3.8, 4) is 5.75 Å². The Labute approximate surface area is 156 Å². The van der Waals surface area contributed by atoms with Gasteiger partial charge in [0.25, 0.3) is 5.91 Å². The van der Waals surface area contributed by atoms with Crippen molar-refractivity contribution in [2.45, 2.75) is 18.9 Å². The van der Waals surface area contributed by atoms with E-state index in [4.69, 9.17) is 4.74 Å². The Morgan fingerprint density at radius 3 is 2.67 bits per heavy atom. The summed E-state index contributed by atoms with van der Waals surface area (Å²) in [6.07, 6.45) is 1.94. The normalized spacial score (nSPS) is 16.2. The number of rotatable bonds is 7. The Hall–Kier alpha value is -3.42. The first kappa shape index (κ1) is 18.4. The zero-order valence-corrected chi connectivity index (χ0v) is 14.8. The summed E-state index contributed by atoms with van der Waals surface area (Å²) in [6, 6.07) is 11.2. The molecule has 1 aromatic heterocycles. The molecule has 2 heterocycles. The molecule has 0 saturated carbocycles. The van der Waals surface area contributed by atoms with Crippen molar-refractivity contribution in [3.63, 3.8) is 0 Å². The number of nitrogens with one attached hydrogen (secondary N) is 2. The van der Waals surface area contributed by atoms with Crippen LogP contribution in [-0.4, -0.2) is 47.4 Å². The number of carbonyl (C=O) groups excluding carboxylic acids is 3. The van der Waals surface area contributed by atoms with Gasteiger partial charge in [0, 0.05) is 12.7 Å². The van der Waals surface area contributed by atoms with E-state index in [9.17, 15) is 14.4 Å². The van der Waals surface area contributed by atoms with Gasteiger partial charge >= 0.3 is 6.03 Å². The average Bonchev–Trinajstić information content (AvgIpc) is 2.94. The van der Waals surface area contributed by atoms with Gasteiger partial charge in [0.15, 0.2) is 0 Å². The molecular weight excluding hydrogens is 348 g/mol. The highest BCUT2D eigenvalue weighted by molar-refractivity contribution is 6.06. The first-order valence-electron chi connectivity index (χ1n) is 8.52. The van der Waals surface area contributed by atoms with Crippen LogP contribution in [0.25, 0.3) is 0 Å². The molecule has 1 aliphatic heterocycles. The summed E-state index contributed by atoms with van der Waals surface area (Å²) >= 11 is 0. The van der Waals surface area contributed by atoms with Gasteiger partial charge in [0.2, 0.25) is 5.91 Å². The molecule has 1 fully saturated rings. The zero-order valence-electron chi connectivity index (χ0n) is 14.8. The van der Waals surface area contributed by atoms with Crippen molar-refractivity contribution in [2.75, 3.05) is 19.0 Å². The number of methoxy groups -OCH3 is 1. The number of nitrogens with zero attached hydrogens (tertiary/aromatic N) is 2. The fraction of sp³-hybridized carbons (Fsp3) is 0.263. The molecule has 0 radical (unpaired) electrons. The third-order valence-electron chi connectivity index (χ3n) is 4.21. The van der Waals surface area contributed by atoms with Gasteiger partial charge in [-0.05, 0) is 36.2 Å². The summed E-state index contributed by atoms with van der Waals surface area (Å²) in [6.45, 7) is 0.245. The van der Waals surface area contributed by atoms with Crippen molar-refractivity contribution >= 4 is 23.7 Å². The van der Waals surface area contributed by atoms with Gasteiger partial charge in [0.05, 0.1) is 13.5 Å². The number of imide groups is 1. The third-order valence-corrected chi connectivity index (χ3v) is 4.21. The van der Waals surface area contributed by atoms with E-state index in [0.29, 0.717) is 12.2 Å². The van der Waals surface area contributed by atoms with E-state index in [1.54, 1.807) is 31.5 Å². The van der Waals surface area contributed by atoms with Gasteiger partial charge in [-0.1, -0.05) is 18.2 Å². The van der Waals surface area contributed by atoms with Crippen molar-refractivity contribution in [1.29, 1.82) is 0 Å². The smallest absolute Gasteiger partial charge is 0.324 e. The number of benzene rings is 1. The first-order chi connectivity index (χ1) is 13.1. The van der Waals surface area contributed by atoms with Crippen LogP contribution in [0.1, 0.15) is 12.0 Å². The highest BCUT2D eigenvalue weighted by Crippen LogP contribution is 2.15. The second-order valence-corrected chi connectivity index (χ2v) is 6.06. The molecule has 4 amide bonds. The van der Waals surface area contributed by atoms with Crippen molar-refractivity contribution in [1.82, 2.24) is 15.2 Å². The fourth-order valence-electron chi connectivity index (χ4n) is 2.78. The lowest BCUT2D eigenvalue weighted by molar-refractivity contribution is -0.129. The third kappa shape index (κ3) is 4.60. The lowest BCUT2D eigenvalue weighted by Crippen LogP contribution is -2.35. The van der Waals surface area contributed by atoms with Crippen LogP contribution in [0.3, 0.4) is 0 Å². The summed E-state index contributed by atoms with van der Waals surface area (Å²) in [5, 5.41) is 5.16. The molecular formula is C19H20N4O4. The van der Waals surface area contributed by atoms with Gasteiger partial charge in [0.1, 0.15) is 17.6 Å². The molecule has 2 N–H and O–H groups in total. The standard InChI is InChI=1S/C19H20N4O4/c1-27-14-7-5-13(6-8-14)9-11-23-18(25)15(21-19(23)26)12-17(24)22-16-4-2-3-10-20-16/h2-8,10,15H,9,11-12H2,1H3,(H,21,26)(H,20,22,24)/t15-/m1/s1. The van der Waals surface area contributed by atoms with Crippen molar-refractivity contribution in [3.05, 3.63) is 54.2 Å². The van der Waals surface area contributed by atoms with E-state index in [0.717, 1.165) is 16.2 Å². The average molecular weight is 368 g/mol. The Balaban J connectivity index is 1.53. The quantitative estimate of drug-likeness (QED) is 0.723. The van der Waals surface area contributed by atoms with Crippen LogP contribution in [0.15, 0.2) is 48.7 Å². The van der Waals surface area contributed by atoms with Gasteiger partial charge < -0.3 is 15.4 Å². The van der Waals surface area contributed by atoms with Crippen LogP contribution in [-0.2, 0) is 16.0 Å². The number of anilines is 1. The lowest BCUT2D eigenvalue weighted by atomic mass is 10.1. The van der Waals surface area contributed by atoms with Crippen LogP contribution < -0.4 is 15.4 Å². The molecule has 2 aromatic rings. The molecule has 140 valence electrons. The number of urea groups is 1. The molecule has 0 unspecified atom stereocenters. The maximum Gasteiger partial charge on any atom is 0.324 e. The predicted molar refractivity (Wildman–Crippen MR) is 98.2 cm³/mol. The fourth-order valence-corrected chi connectivity index (χ4v) is 2.78. The lowest BCUT2D eigenvalue weighted by Gasteiger charge is -2.13. The van der Waals surface area contributed by atoms with E-state index in [2.05, 4.69) is 15.6 Å². The number of carbonyl (C=O) groups is 3. The molecule has 8 heteroatoms. The van der Waals surface area contributed by atoms with Crippen LogP contribution in [0, 0.1) is 0 Å². The summed E-state index contributed by atoms with van der Waals surface area (Å²) in [5.41, 5.74) is 0.979. The molecule has 3 rings (SSSR count). The van der Waals surface area contributed by atoms with Gasteiger partial charge in [-0.3, -0.25) is 14.5 Å². The highest BCUT2D eigenvalue weighted by Gasteiger charge is 2.38. The molecule has 1 aliphatic rings. The Bertz CT molecular complexity index is 823. The number of aromatic nitrogens is 1. The highest BCUT2D eigenvalue weighted by atomic mass is 16.5. The molecule has 0 spiro atoms. The molecule has 8 nitrogen and oxygen atoms in total. The van der Waals surface area contributed by atoms with E-state index in [-0.39, 0.29) is 18.9 Å². The minimum Gasteiger partial charge on any atom is -0.497 e. The topological polar surface area (TPSA) is 101 Å². The molecule has 0 aliphatic carbocycles. The Kier molecular flexibility index (Phi) is 5.65. The predicted octanol–water partition coefficient (Wildman–Crippen LogP) is 1.58. The van der Waals surface area contributed by atoms with Crippen LogP contribution in [0.5, 0.6) is 5.75 Å². The second-order valence-electron chi connectivity index (χ2n) is 6.06. The summed E-state index contributed by atoms with van der Waals surface area (Å²) in [4.78, 5) is 41.8. The van der Waals surface area contributed by atoms with E-state index in [1.165, 1.54) is 0 Å². The summed E-state index contributed by atoms with van der Waals surface area (Å²) in [7, 11) is 1.59. The Morgan fingerprint density at radius 2 is 2.00 bits per heavy atom.